The summed E-state index contributed by atoms with van der Waals surface area (Å²) in [4.78, 5) is 0. The molecule has 0 atom stereocenters. The summed E-state index contributed by atoms with van der Waals surface area (Å²) < 4.78 is 16.3. The zero-order chi connectivity index (χ0) is 9.45. The molecule has 0 saturated heterocycles. The van der Waals surface area contributed by atoms with Gasteiger partial charge in [-0.25, -0.2) is 0 Å². The van der Waals surface area contributed by atoms with Gasteiger partial charge < -0.3 is 13.3 Å². The Labute approximate surface area is 87.8 Å². The smallest absolute Gasteiger partial charge is 0.371 e. The monoisotopic (exact) mass is 226 g/mol. The molecular formula is C8H19ClO3Si. The maximum Gasteiger partial charge on any atom is 0.528 e. The fourth-order valence-electron chi connectivity index (χ4n) is 0.905. The molecule has 0 N–H and O–H groups in total. The van der Waals surface area contributed by atoms with Crippen molar-refractivity contribution in [3.8, 4) is 0 Å². The minimum Gasteiger partial charge on any atom is -0.371 e. The third-order valence-electron chi connectivity index (χ3n) is 1.29. The second kappa shape index (κ2) is 8.71. The predicted molar refractivity (Wildman–Crippen MR) is 58.1 cm³/mol. The van der Waals surface area contributed by atoms with Gasteiger partial charge >= 0.3 is 8.80 Å². The normalized spacial score (nSPS) is 10.7. The van der Waals surface area contributed by atoms with Crippen LogP contribution in [0.4, 0.5) is 0 Å². The van der Waals surface area contributed by atoms with Crippen LogP contribution in [-0.2, 0) is 13.3 Å². The topological polar surface area (TPSA) is 27.7 Å². The van der Waals surface area contributed by atoms with Gasteiger partial charge in [0, 0.05) is 19.8 Å². The maximum absolute atomic E-state index is 5.44. The second-order valence-electron chi connectivity index (χ2n) is 2.11. The van der Waals surface area contributed by atoms with Crippen molar-refractivity contribution in [1.82, 2.24) is 0 Å². The van der Waals surface area contributed by atoms with E-state index in [1.165, 1.54) is 0 Å². The maximum atomic E-state index is 5.44. The SMILES string of the molecule is C=C[Si](OCC)(OCC)OCC.Cl. The predicted octanol–water partition coefficient (Wildman–Crippen LogP) is 2.18. The molecule has 5 heteroatoms. The molecule has 0 fully saturated rings. The van der Waals surface area contributed by atoms with Gasteiger partial charge in [-0.1, -0.05) is 6.58 Å². The Bertz CT molecular complexity index is 116. The van der Waals surface area contributed by atoms with Gasteiger partial charge in [0.25, 0.3) is 0 Å². The largest absolute Gasteiger partial charge is 0.528 e. The van der Waals surface area contributed by atoms with Crippen molar-refractivity contribution < 1.29 is 13.3 Å². The average molecular weight is 227 g/mol. The van der Waals surface area contributed by atoms with E-state index in [0.29, 0.717) is 19.8 Å². The molecule has 0 aromatic carbocycles. The third-order valence-corrected chi connectivity index (χ3v) is 3.86. The van der Waals surface area contributed by atoms with E-state index in [1.807, 2.05) is 20.8 Å². The Morgan fingerprint density at radius 1 is 1.00 bits per heavy atom. The van der Waals surface area contributed by atoms with E-state index in [1.54, 1.807) is 5.70 Å². The summed E-state index contributed by atoms with van der Waals surface area (Å²) in [5, 5.41) is 0. The number of rotatable bonds is 7. The summed E-state index contributed by atoms with van der Waals surface area (Å²) in [7, 11) is -2.51. The van der Waals surface area contributed by atoms with Crippen LogP contribution in [0.3, 0.4) is 0 Å². The molecule has 80 valence electrons. The van der Waals surface area contributed by atoms with Crippen LogP contribution >= 0.6 is 12.4 Å². The van der Waals surface area contributed by atoms with Crippen LogP contribution in [0.15, 0.2) is 12.3 Å². The van der Waals surface area contributed by atoms with Gasteiger partial charge in [0.15, 0.2) is 0 Å². The lowest BCUT2D eigenvalue weighted by molar-refractivity contribution is 0.0844. The molecule has 0 spiro atoms. The first kappa shape index (κ1) is 15.6. The molecule has 0 aromatic heterocycles. The highest BCUT2D eigenvalue weighted by atomic mass is 35.5. The summed E-state index contributed by atoms with van der Waals surface area (Å²) in [6.07, 6.45) is 0. The van der Waals surface area contributed by atoms with Crippen LogP contribution < -0.4 is 0 Å². The van der Waals surface area contributed by atoms with Crippen LogP contribution in [0, 0.1) is 0 Å². The molecule has 0 radical (unpaired) electrons. The first-order chi connectivity index (χ1) is 5.74. The second-order valence-corrected chi connectivity index (χ2v) is 4.59. The molecule has 0 unspecified atom stereocenters. The van der Waals surface area contributed by atoms with Crippen molar-refractivity contribution in [3.05, 3.63) is 12.3 Å². The summed E-state index contributed by atoms with van der Waals surface area (Å²) in [6.45, 7) is 11.2. The van der Waals surface area contributed by atoms with Crippen LogP contribution in [0.5, 0.6) is 0 Å². The fourth-order valence-corrected chi connectivity index (χ4v) is 2.72. The Hall–Kier alpha value is 0.127. The average Bonchev–Trinajstić information content (AvgIpc) is 2.06. The van der Waals surface area contributed by atoms with Gasteiger partial charge in [-0.3, -0.25) is 0 Å². The van der Waals surface area contributed by atoms with Crippen LogP contribution in [0.25, 0.3) is 0 Å². The van der Waals surface area contributed by atoms with E-state index >= 15 is 0 Å². The number of hydrogen-bond donors (Lipinski definition) is 0. The van der Waals surface area contributed by atoms with E-state index in [2.05, 4.69) is 6.58 Å². The van der Waals surface area contributed by atoms with Gasteiger partial charge in [0.2, 0.25) is 0 Å². The van der Waals surface area contributed by atoms with Gasteiger partial charge in [0.1, 0.15) is 0 Å². The van der Waals surface area contributed by atoms with E-state index in [0.717, 1.165) is 0 Å². The lowest BCUT2D eigenvalue weighted by atomic mass is 10.9. The van der Waals surface area contributed by atoms with E-state index in [4.69, 9.17) is 13.3 Å². The minimum atomic E-state index is -2.51. The quantitative estimate of drug-likeness (QED) is 0.623. The van der Waals surface area contributed by atoms with Gasteiger partial charge in [-0.2, -0.15) is 0 Å². The Morgan fingerprint density at radius 2 is 1.31 bits per heavy atom. The number of hydrogen-bond acceptors (Lipinski definition) is 3. The Kier molecular flexibility index (Phi) is 10.5. The molecular weight excluding hydrogens is 208 g/mol. The van der Waals surface area contributed by atoms with Crippen molar-refractivity contribution in [2.45, 2.75) is 20.8 Å². The van der Waals surface area contributed by atoms with Crippen molar-refractivity contribution in [1.29, 1.82) is 0 Å². The van der Waals surface area contributed by atoms with Crippen LogP contribution in [0.2, 0.25) is 0 Å². The summed E-state index contributed by atoms with van der Waals surface area (Å²) in [5.41, 5.74) is 1.67. The van der Waals surface area contributed by atoms with E-state index in [9.17, 15) is 0 Å². The molecule has 13 heavy (non-hydrogen) atoms. The minimum absolute atomic E-state index is 0. The van der Waals surface area contributed by atoms with Crippen molar-refractivity contribution in [2.75, 3.05) is 19.8 Å². The third kappa shape index (κ3) is 5.44. The molecule has 3 nitrogen and oxygen atoms in total. The highest BCUT2D eigenvalue weighted by Gasteiger charge is 2.36. The highest BCUT2D eigenvalue weighted by molar-refractivity contribution is 6.66. The molecule has 0 heterocycles. The molecule has 0 aromatic rings. The Morgan fingerprint density at radius 3 is 1.46 bits per heavy atom. The van der Waals surface area contributed by atoms with Gasteiger partial charge in [0.05, 0.1) is 0 Å². The van der Waals surface area contributed by atoms with Crippen LogP contribution in [-0.4, -0.2) is 28.6 Å². The lowest BCUT2D eigenvalue weighted by Crippen LogP contribution is -2.44. The zero-order valence-electron chi connectivity index (χ0n) is 8.54. The number of halogens is 1. The van der Waals surface area contributed by atoms with Crippen LogP contribution in [0.1, 0.15) is 20.8 Å². The molecule has 0 amide bonds. The first-order valence-corrected chi connectivity index (χ1v) is 6.10. The first-order valence-electron chi connectivity index (χ1n) is 4.30. The van der Waals surface area contributed by atoms with Gasteiger partial charge in [-0.15, -0.1) is 12.4 Å². The summed E-state index contributed by atoms with van der Waals surface area (Å²) >= 11 is 0. The molecule has 0 aliphatic carbocycles. The molecule has 0 saturated carbocycles. The summed E-state index contributed by atoms with van der Waals surface area (Å²) in [6, 6.07) is 0. The highest BCUT2D eigenvalue weighted by Crippen LogP contribution is 2.10. The molecule has 0 rings (SSSR count). The molecule has 0 bridgehead atoms. The van der Waals surface area contributed by atoms with E-state index in [-0.39, 0.29) is 12.4 Å². The summed E-state index contributed by atoms with van der Waals surface area (Å²) in [5.74, 6) is 0. The lowest BCUT2D eigenvalue weighted by Gasteiger charge is -2.24. The zero-order valence-corrected chi connectivity index (χ0v) is 10.4. The standard InChI is InChI=1S/C8H18O3Si.ClH/c1-5-9-12(8-4,10-6-2)11-7-3;/h8H,4-7H2,1-3H3;1H. The van der Waals surface area contributed by atoms with Crippen molar-refractivity contribution in [2.24, 2.45) is 0 Å². The van der Waals surface area contributed by atoms with Crippen molar-refractivity contribution in [3.63, 3.8) is 0 Å². The fraction of sp³-hybridized carbons (Fsp3) is 0.750. The van der Waals surface area contributed by atoms with E-state index < -0.39 is 8.80 Å². The van der Waals surface area contributed by atoms with Gasteiger partial charge in [-0.05, 0) is 26.5 Å². The molecule has 0 aliphatic heterocycles. The Balaban J connectivity index is 0. The molecule has 0 aliphatic rings. The van der Waals surface area contributed by atoms with Crippen molar-refractivity contribution >= 4 is 21.2 Å².